The lowest BCUT2D eigenvalue weighted by Crippen LogP contribution is -2.37. The second-order valence-corrected chi connectivity index (χ2v) is 5.59. The predicted molar refractivity (Wildman–Crippen MR) is 80.7 cm³/mol. The minimum absolute atomic E-state index is 0.442. The van der Waals surface area contributed by atoms with Crippen molar-refractivity contribution in [3.8, 4) is 0 Å². The van der Waals surface area contributed by atoms with E-state index in [2.05, 4.69) is 48.3 Å². The van der Waals surface area contributed by atoms with Crippen LogP contribution in [-0.4, -0.2) is 32.3 Å². The van der Waals surface area contributed by atoms with Crippen LogP contribution in [-0.2, 0) is 11.3 Å². The first-order valence-electron chi connectivity index (χ1n) is 7.29. The molecule has 0 amide bonds. The summed E-state index contributed by atoms with van der Waals surface area (Å²) in [7, 11) is 1.82. The summed E-state index contributed by atoms with van der Waals surface area (Å²) in [6.07, 6.45) is 2.70. The molecule has 1 fully saturated rings. The quantitative estimate of drug-likeness (QED) is 0.883. The van der Waals surface area contributed by atoms with E-state index < -0.39 is 0 Å². The fraction of sp³-hybridized carbons (Fsp3) is 0.625. The molecular formula is C16H26N2O. The van der Waals surface area contributed by atoms with Crippen molar-refractivity contribution in [2.45, 2.75) is 45.4 Å². The minimum atomic E-state index is 0.442. The Kier molecular flexibility index (Phi) is 5.23. The molecule has 0 saturated carbocycles. The molecule has 0 aliphatic carbocycles. The third-order valence-corrected chi connectivity index (χ3v) is 3.81. The Morgan fingerprint density at radius 2 is 1.95 bits per heavy atom. The molecule has 0 radical (unpaired) electrons. The van der Waals surface area contributed by atoms with Gasteiger partial charge in [0.2, 0.25) is 0 Å². The van der Waals surface area contributed by atoms with Crippen LogP contribution in [0.5, 0.6) is 0 Å². The highest BCUT2D eigenvalue weighted by molar-refractivity contribution is 5.54. The Labute approximate surface area is 116 Å². The van der Waals surface area contributed by atoms with Gasteiger partial charge in [0.25, 0.3) is 0 Å². The normalized spacial score (nSPS) is 17.2. The van der Waals surface area contributed by atoms with Crippen LogP contribution in [0.3, 0.4) is 0 Å². The van der Waals surface area contributed by atoms with Crippen LogP contribution in [0, 0.1) is 0 Å². The minimum Gasteiger partial charge on any atom is -0.381 e. The Morgan fingerprint density at radius 3 is 2.58 bits per heavy atom. The molecule has 0 aromatic heterocycles. The largest absolute Gasteiger partial charge is 0.381 e. The van der Waals surface area contributed by atoms with Gasteiger partial charge in [-0.25, -0.2) is 0 Å². The van der Waals surface area contributed by atoms with Gasteiger partial charge in [0.15, 0.2) is 0 Å². The van der Waals surface area contributed by atoms with Crippen LogP contribution in [0.25, 0.3) is 0 Å². The van der Waals surface area contributed by atoms with Crippen molar-refractivity contribution >= 4 is 5.69 Å². The summed E-state index contributed by atoms with van der Waals surface area (Å²) in [4.78, 5) is 2.49. The number of para-hydroxylation sites is 1. The number of rotatable bonds is 5. The highest BCUT2D eigenvalue weighted by Crippen LogP contribution is 2.25. The first-order chi connectivity index (χ1) is 9.20. The number of piperidine rings is 1. The van der Waals surface area contributed by atoms with Crippen LogP contribution >= 0.6 is 0 Å². The van der Waals surface area contributed by atoms with Crippen LogP contribution in [0.15, 0.2) is 24.3 Å². The summed E-state index contributed by atoms with van der Waals surface area (Å²) in [5.74, 6) is 0. The summed E-state index contributed by atoms with van der Waals surface area (Å²) >= 11 is 0. The van der Waals surface area contributed by atoms with Gasteiger partial charge in [-0.15, -0.1) is 0 Å². The number of anilines is 1. The average Bonchev–Trinajstić information content (AvgIpc) is 2.45. The number of benzene rings is 1. The van der Waals surface area contributed by atoms with E-state index >= 15 is 0 Å². The standard InChI is InChI=1S/C16H26N2O/c1-13(2)17-12-14-6-4-5-7-16(14)18-10-8-15(19-3)9-11-18/h4-7,13,15,17H,8-12H2,1-3H3. The molecule has 1 N–H and O–H groups in total. The average molecular weight is 262 g/mol. The van der Waals surface area contributed by atoms with Gasteiger partial charge < -0.3 is 15.0 Å². The summed E-state index contributed by atoms with van der Waals surface area (Å²) < 4.78 is 5.45. The summed E-state index contributed by atoms with van der Waals surface area (Å²) in [6, 6.07) is 9.25. The Balaban J connectivity index is 2.03. The molecule has 0 spiro atoms. The smallest absolute Gasteiger partial charge is 0.0605 e. The van der Waals surface area contributed by atoms with Gasteiger partial charge >= 0.3 is 0 Å². The maximum Gasteiger partial charge on any atom is 0.0605 e. The summed E-state index contributed by atoms with van der Waals surface area (Å²) in [5, 5.41) is 3.51. The maximum absolute atomic E-state index is 5.45. The second-order valence-electron chi connectivity index (χ2n) is 5.59. The lowest BCUT2D eigenvalue weighted by atomic mass is 10.0. The molecular weight excluding hydrogens is 236 g/mol. The fourth-order valence-electron chi connectivity index (χ4n) is 2.62. The maximum atomic E-state index is 5.45. The molecule has 1 saturated heterocycles. The zero-order valence-corrected chi connectivity index (χ0v) is 12.4. The lowest BCUT2D eigenvalue weighted by Gasteiger charge is -2.34. The third kappa shape index (κ3) is 3.95. The van der Waals surface area contributed by atoms with Crippen molar-refractivity contribution in [3.63, 3.8) is 0 Å². The van der Waals surface area contributed by atoms with Crippen LogP contribution < -0.4 is 10.2 Å². The zero-order chi connectivity index (χ0) is 13.7. The van der Waals surface area contributed by atoms with Gasteiger partial charge in [-0.3, -0.25) is 0 Å². The van der Waals surface area contributed by atoms with Gasteiger partial charge in [-0.1, -0.05) is 32.0 Å². The topological polar surface area (TPSA) is 24.5 Å². The Hall–Kier alpha value is -1.06. The number of ether oxygens (including phenoxy) is 1. The fourth-order valence-corrected chi connectivity index (χ4v) is 2.62. The van der Waals surface area contributed by atoms with Crippen LogP contribution in [0.2, 0.25) is 0 Å². The molecule has 1 aliphatic rings. The zero-order valence-electron chi connectivity index (χ0n) is 12.4. The van der Waals surface area contributed by atoms with Crippen molar-refractivity contribution in [1.29, 1.82) is 0 Å². The molecule has 0 atom stereocenters. The van der Waals surface area contributed by atoms with E-state index in [-0.39, 0.29) is 0 Å². The monoisotopic (exact) mass is 262 g/mol. The molecule has 0 unspecified atom stereocenters. The van der Waals surface area contributed by atoms with Crippen molar-refractivity contribution in [3.05, 3.63) is 29.8 Å². The van der Waals surface area contributed by atoms with Crippen molar-refractivity contribution in [2.75, 3.05) is 25.1 Å². The Morgan fingerprint density at radius 1 is 1.26 bits per heavy atom. The number of methoxy groups -OCH3 is 1. The summed E-state index contributed by atoms with van der Waals surface area (Å²) in [5.41, 5.74) is 2.78. The van der Waals surface area contributed by atoms with E-state index in [9.17, 15) is 0 Å². The Bertz CT molecular complexity index is 384. The van der Waals surface area contributed by atoms with Gasteiger partial charge in [0.05, 0.1) is 6.10 Å². The molecule has 2 rings (SSSR count). The number of nitrogens with one attached hydrogen (secondary N) is 1. The number of hydrogen-bond donors (Lipinski definition) is 1. The van der Waals surface area contributed by atoms with Gasteiger partial charge in [-0.2, -0.15) is 0 Å². The van der Waals surface area contributed by atoms with E-state index in [1.165, 1.54) is 11.3 Å². The lowest BCUT2D eigenvalue weighted by molar-refractivity contribution is 0.0819. The molecule has 3 heteroatoms. The molecule has 3 nitrogen and oxygen atoms in total. The highest BCUT2D eigenvalue weighted by atomic mass is 16.5. The molecule has 1 heterocycles. The van der Waals surface area contributed by atoms with Crippen LogP contribution in [0.1, 0.15) is 32.3 Å². The summed E-state index contributed by atoms with van der Waals surface area (Å²) in [6.45, 7) is 7.51. The molecule has 1 aromatic rings. The first kappa shape index (κ1) is 14.4. The number of nitrogens with zero attached hydrogens (tertiary/aromatic N) is 1. The first-order valence-corrected chi connectivity index (χ1v) is 7.29. The van der Waals surface area contributed by atoms with E-state index in [0.29, 0.717) is 12.1 Å². The molecule has 1 aromatic carbocycles. The van der Waals surface area contributed by atoms with Crippen molar-refractivity contribution < 1.29 is 4.74 Å². The van der Waals surface area contributed by atoms with E-state index in [0.717, 1.165) is 32.5 Å². The van der Waals surface area contributed by atoms with Gasteiger partial charge in [-0.05, 0) is 24.5 Å². The second kappa shape index (κ2) is 6.92. The van der Waals surface area contributed by atoms with E-state index in [1.54, 1.807) is 0 Å². The molecule has 0 bridgehead atoms. The van der Waals surface area contributed by atoms with Crippen LogP contribution in [0.4, 0.5) is 5.69 Å². The van der Waals surface area contributed by atoms with E-state index in [1.807, 2.05) is 7.11 Å². The highest BCUT2D eigenvalue weighted by Gasteiger charge is 2.20. The van der Waals surface area contributed by atoms with Crippen molar-refractivity contribution in [1.82, 2.24) is 5.32 Å². The van der Waals surface area contributed by atoms with Crippen molar-refractivity contribution in [2.24, 2.45) is 0 Å². The van der Waals surface area contributed by atoms with E-state index in [4.69, 9.17) is 4.74 Å². The third-order valence-electron chi connectivity index (χ3n) is 3.81. The molecule has 19 heavy (non-hydrogen) atoms. The molecule has 106 valence electrons. The molecule has 1 aliphatic heterocycles. The SMILES string of the molecule is COC1CCN(c2ccccc2CNC(C)C)CC1. The predicted octanol–water partition coefficient (Wildman–Crippen LogP) is 2.80. The van der Waals surface area contributed by atoms with Gasteiger partial charge in [0.1, 0.15) is 0 Å². The van der Waals surface area contributed by atoms with Gasteiger partial charge in [0, 0.05) is 38.5 Å². The number of hydrogen-bond acceptors (Lipinski definition) is 3.